The van der Waals surface area contributed by atoms with Gasteiger partial charge >= 0.3 is 0 Å². The Bertz CT molecular complexity index is 2160. The predicted molar refractivity (Wildman–Crippen MR) is 214 cm³/mol. The molecule has 12 heteroatoms. The Hall–Kier alpha value is -4.45. The van der Waals surface area contributed by atoms with Gasteiger partial charge in [0.1, 0.15) is 23.2 Å². The lowest BCUT2D eigenvalue weighted by molar-refractivity contribution is -0.144. The molecule has 3 amide bonds. The largest absolute Gasteiger partial charge is 0.459 e. The number of para-hydroxylation sites is 1. The van der Waals surface area contributed by atoms with E-state index >= 15 is 0 Å². The van der Waals surface area contributed by atoms with Crippen molar-refractivity contribution in [2.75, 3.05) is 6.54 Å². The Labute approximate surface area is 325 Å². The van der Waals surface area contributed by atoms with Gasteiger partial charge in [-0.2, -0.15) is 4.98 Å². The average Bonchev–Trinajstić information content (AvgIpc) is 3.99. The fourth-order valence-electron chi connectivity index (χ4n) is 8.23. The summed E-state index contributed by atoms with van der Waals surface area (Å²) in [6, 6.07) is 14.0. The second-order valence-corrected chi connectivity index (χ2v) is 19.6. The lowest BCUT2D eigenvalue weighted by Gasteiger charge is -2.33. The minimum absolute atomic E-state index is 0.00899. The molecule has 2 aromatic carbocycles. The molecule has 2 aliphatic carbocycles. The summed E-state index contributed by atoms with van der Waals surface area (Å²) in [6.07, 6.45) is 9.00. The smallest absolute Gasteiger partial charge is 0.297 e. The zero-order valence-corrected chi connectivity index (χ0v) is 33.7. The van der Waals surface area contributed by atoms with Crippen molar-refractivity contribution in [3.05, 3.63) is 72.8 Å². The van der Waals surface area contributed by atoms with Crippen LogP contribution in [0.15, 0.2) is 67.3 Å². The van der Waals surface area contributed by atoms with Crippen LogP contribution in [0, 0.1) is 17.3 Å². The minimum Gasteiger partial charge on any atom is -0.459 e. The first kappa shape index (κ1) is 38.8. The molecule has 55 heavy (non-hydrogen) atoms. The zero-order valence-electron chi connectivity index (χ0n) is 32.9. The SMILES string of the molecule is C=C[C@@H]1C[C@@]12NC(=O)[C@@H]1C[C@H](CN1C(=O)[C@@H](C)C(C)(C)C)Oc1nc3c(cccc3n1C(C)C)-c1cccc(c1)CCC=CCCC1(CC1)S(=O)(=O)NC2=O. The number of carbonyl (C=O) groups is 3. The van der Waals surface area contributed by atoms with E-state index in [0.29, 0.717) is 31.7 Å². The lowest BCUT2D eigenvalue weighted by Crippen LogP contribution is -2.57. The minimum atomic E-state index is -4.04. The highest BCUT2D eigenvalue weighted by molar-refractivity contribution is 7.91. The maximum atomic E-state index is 14.4. The molecule has 6 bridgehead atoms. The number of sulfonamides is 1. The number of hydrogen-bond acceptors (Lipinski definition) is 7. The fourth-order valence-corrected chi connectivity index (χ4v) is 9.90. The second kappa shape index (κ2) is 14.2. The molecule has 2 saturated carbocycles. The van der Waals surface area contributed by atoms with Crippen molar-refractivity contribution in [2.45, 2.75) is 121 Å². The topological polar surface area (TPSA) is 140 Å². The van der Waals surface area contributed by atoms with Gasteiger partial charge in [0.15, 0.2) is 0 Å². The van der Waals surface area contributed by atoms with E-state index in [-0.39, 0.29) is 36.8 Å². The summed E-state index contributed by atoms with van der Waals surface area (Å²) in [5.74, 6) is -2.38. The molecule has 2 aliphatic heterocycles. The van der Waals surface area contributed by atoms with Gasteiger partial charge in [0.25, 0.3) is 11.9 Å². The quantitative estimate of drug-likeness (QED) is 0.285. The highest BCUT2D eigenvalue weighted by atomic mass is 32.2. The number of aryl methyl sites for hydroxylation is 1. The van der Waals surface area contributed by atoms with Crippen molar-refractivity contribution in [1.82, 2.24) is 24.5 Å². The van der Waals surface area contributed by atoms with Gasteiger partial charge in [0.05, 0.1) is 16.8 Å². The lowest BCUT2D eigenvalue weighted by atomic mass is 9.81. The third-order valence-corrected chi connectivity index (χ3v) is 14.6. The fraction of sp³-hybridized carbons (Fsp3) is 0.535. The molecule has 4 aliphatic rings. The third kappa shape index (κ3) is 7.22. The number of allylic oxidation sites excluding steroid dienone is 2. The number of benzene rings is 2. The van der Waals surface area contributed by atoms with Crippen LogP contribution >= 0.6 is 0 Å². The monoisotopic (exact) mass is 769 g/mol. The summed E-state index contributed by atoms with van der Waals surface area (Å²) >= 11 is 0. The summed E-state index contributed by atoms with van der Waals surface area (Å²) in [7, 11) is -4.04. The van der Waals surface area contributed by atoms with Crippen LogP contribution in [-0.2, 0) is 30.8 Å². The molecule has 3 aromatic rings. The number of ether oxygens (including phenoxy) is 1. The van der Waals surface area contributed by atoms with Crippen LogP contribution < -0.4 is 14.8 Å². The van der Waals surface area contributed by atoms with E-state index in [1.807, 2.05) is 45.9 Å². The molecule has 5 atom stereocenters. The number of amides is 3. The normalized spacial score (nSPS) is 27.0. The molecule has 0 radical (unpaired) electrons. The summed E-state index contributed by atoms with van der Waals surface area (Å²) < 4.78 is 37.6. The average molecular weight is 770 g/mol. The molecule has 1 saturated heterocycles. The van der Waals surface area contributed by atoms with Gasteiger partial charge < -0.3 is 15.0 Å². The number of nitrogens with zero attached hydrogens (tertiary/aromatic N) is 3. The van der Waals surface area contributed by atoms with Crippen molar-refractivity contribution in [3.8, 4) is 17.1 Å². The van der Waals surface area contributed by atoms with Crippen molar-refractivity contribution in [2.24, 2.45) is 17.3 Å². The third-order valence-electron chi connectivity index (χ3n) is 12.4. The van der Waals surface area contributed by atoms with Gasteiger partial charge in [0, 0.05) is 29.9 Å². The summed E-state index contributed by atoms with van der Waals surface area (Å²) in [5, 5.41) is 2.93. The Morgan fingerprint density at radius 1 is 1.05 bits per heavy atom. The molecule has 11 nitrogen and oxygen atoms in total. The van der Waals surface area contributed by atoms with Gasteiger partial charge in [-0.25, -0.2) is 8.42 Å². The molecule has 3 heterocycles. The van der Waals surface area contributed by atoms with Crippen LogP contribution in [0.25, 0.3) is 22.2 Å². The maximum Gasteiger partial charge on any atom is 0.297 e. The van der Waals surface area contributed by atoms with E-state index in [9.17, 15) is 22.8 Å². The number of aromatic nitrogens is 2. The van der Waals surface area contributed by atoms with E-state index in [0.717, 1.165) is 35.0 Å². The molecule has 0 unspecified atom stereocenters. The van der Waals surface area contributed by atoms with Crippen molar-refractivity contribution in [3.63, 3.8) is 0 Å². The predicted octanol–water partition coefficient (Wildman–Crippen LogP) is 6.64. The van der Waals surface area contributed by atoms with E-state index in [1.165, 1.54) is 5.56 Å². The number of imidazole rings is 1. The standard InChI is InChI=1S/C43H55N5O6S/c1-8-31-25-43(31)39(51)46-55(52,53)42(21-22-42)20-12-10-9-11-15-29-16-13-17-30(23-29)33-18-14-19-34-36(33)44-40(48(34)27(2)3)54-32-24-35(37(49)45-43)47(26-32)38(50)28(4)41(5,6)7/h8-10,13-14,16-19,23,27-28,31-32,35H,1,11-12,15,20-22,24-26H2,2-7H3,(H,45,49)(H,46,51)/t28-,31-,32-,35+,43-/m1/s1. The highest BCUT2D eigenvalue weighted by Gasteiger charge is 2.63. The number of hydrogen-bond donors (Lipinski definition) is 2. The number of carbonyl (C=O) groups excluding carboxylic acids is 3. The second-order valence-electron chi connectivity index (χ2n) is 17.5. The number of nitrogens with one attached hydrogen (secondary N) is 2. The van der Waals surface area contributed by atoms with Crippen LogP contribution in [-0.4, -0.2) is 69.6 Å². The Balaban J connectivity index is 1.29. The van der Waals surface area contributed by atoms with Gasteiger partial charge in [-0.1, -0.05) is 82.3 Å². The molecule has 2 N–H and O–H groups in total. The number of fused-ring (bicyclic) bond motifs is 6. The Kier molecular flexibility index (Phi) is 10.1. The van der Waals surface area contributed by atoms with Crippen LogP contribution in [0.5, 0.6) is 6.01 Å². The van der Waals surface area contributed by atoms with Crippen molar-refractivity contribution in [1.29, 1.82) is 0 Å². The van der Waals surface area contributed by atoms with E-state index in [1.54, 1.807) is 11.0 Å². The van der Waals surface area contributed by atoms with Crippen molar-refractivity contribution >= 4 is 38.8 Å². The summed E-state index contributed by atoms with van der Waals surface area (Å²) in [5.41, 5.74) is 3.05. The van der Waals surface area contributed by atoms with Gasteiger partial charge in [-0.05, 0) is 81.4 Å². The zero-order chi connectivity index (χ0) is 39.5. The van der Waals surface area contributed by atoms with Crippen LogP contribution in [0.3, 0.4) is 0 Å². The van der Waals surface area contributed by atoms with Crippen LogP contribution in [0.1, 0.15) is 98.1 Å². The molecular weight excluding hydrogens is 715 g/mol. The number of rotatable bonds is 3. The summed E-state index contributed by atoms with van der Waals surface area (Å²) in [4.78, 5) is 49.2. The molecule has 2 spiro atoms. The van der Waals surface area contributed by atoms with Gasteiger partial charge in [-0.15, -0.1) is 6.58 Å². The molecule has 7 rings (SSSR count). The highest BCUT2D eigenvalue weighted by Crippen LogP contribution is 2.49. The van der Waals surface area contributed by atoms with Crippen LogP contribution in [0.4, 0.5) is 0 Å². The molecule has 3 fully saturated rings. The Morgan fingerprint density at radius 3 is 2.45 bits per heavy atom. The maximum absolute atomic E-state index is 14.4. The number of likely N-dealkylation sites (tertiary alicyclic amines) is 1. The van der Waals surface area contributed by atoms with E-state index < -0.39 is 56.1 Å². The van der Waals surface area contributed by atoms with Crippen LogP contribution in [0.2, 0.25) is 0 Å². The summed E-state index contributed by atoms with van der Waals surface area (Å²) in [6.45, 7) is 16.0. The van der Waals surface area contributed by atoms with E-state index in [2.05, 4.69) is 71.4 Å². The van der Waals surface area contributed by atoms with Gasteiger partial charge in [0.2, 0.25) is 21.8 Å². The molecular formula is C43H55N5O6S. The molecule has 294 valence electrons. The van der Waals surface area contributed by atoms with E-state index in [4.69, 9.17) is 9.72 Å². The first-order chi connectivity index (χ1) is 26.0. The Morgan fingerprint density at radius 2 is 1.78 bits per heavy atom. The first-order valence-electron chi connectivity index (χ1n) is 19.7. The van der Waals surface area contributed by atoms with Gasteiger partial charge in [-0.3, -0.25) is 23.7 Å². The first-order valence-corrected chi connectivity index (χ1v) is 21.2. The molecule has 1 aromatic heterocycles. The van der Waals surface area contributed by atoms with Crippen molar-refractivity contribution < 1.29 is 27.5 Å².